The molecule has 258 valence electrons. The Morgan fingerprint density at radius 3 is 2.20 bits per heavy atom. The molecule has 46 heavy (non-hydrogen) atoms. The van der Waals surface area contributed by atoms with Gasteiger partial charge in [0.15, 0.2) is 21.4 Å². The van der Waals surface area contributed by atoms with E-state index in [1.165, 1.54) is 18.0 Å². The highest BCUT2D eigenvalue weighted by molar-refractivity contribution is 8.14. The van der Waals surface area contributed by atoms with Gasteiger partial charge in [0.1, 0.15) is 17.7 Å². The highest BCUT2D eigenvalue weighted by Crippen LogP contribution is 2.67. The number of aliphatic hydroxyl groups excluding tert-OH is 3. The fourth-order valence-corrected chi connectivity index (χ4v) is 7.65. The second-order valence-electron chi connectivity index (χ2n) is 12.1. The molecular weight excluding hydrogens is 672 g/mol. The number of halogens is 1. The van der Waals surface area contributed by atoms with Gasteiger partial charge in [-0.05, 0) is 27.7 Å². The highest BCUT2D eigenvalue weighted by atomic mass is 32.2. The van der Waals surface area contributed by atoms with E-state index < -0.39 is 48.9 Å². The number of carbonyl (C=O) groups is 2. The van der Waals surface area contributed by atoms with Gasteiger partial charge in [-0.2, -0.15) is 9.97 Å². The van der Waals surface area contributed by atoms with Crippen LogP contribution in [0.2, 0.25) is 0 Å². The van der Waals surface area contributed by atoms with Crippen LogP contribution in [0, 0.1) is 10.8 Å². The van der Waals surface area contributed by atoms with Crippen molar-refractivity contribution in [3.63, 3.8) is 0 Å². The summed E-state index contributed by atoms with van der Waals surface area (Å²) in [5.74, 6) is -2.36. The fraction of sp³-hybridized carbons (Fsp3) is 0.731. The average molecular weight is 712 g/mol. The van der Waals surface area contributed by atoms with Crippen LogP contribution in [0.1, 0.15) is 34.1 Å². The van der Waals surface area contributed by atoms with Gasteiger partial charge in [-0.1, -0.05) is 23.5 Å². The number of hydrogen-bond donors (Lipinski definition) is 4. The SMILES string of the molecule is COc1nc(N)nc2c1ncn2C12CC1(F)OC(COP(=O)(OCCSC(=O)C(C)(C)CO)OCCSC(=O)C(C)(C)CO)C2O. The Bertz CT molecular complexity index is 1460. The molecule has 4 atom stereocenters. The number of rotatable bonds is 17. The monoisotopic (exact) mass is 711 g/mol. The lowest BCUT2D eigenvalue weighted by atomic mass is 9.97. The molecule has 1 saturated carbocycles. The summed E-state index contributed by atoms with van der Waals surface area (Å²) in [7, 11) is -3.05. The van der Waals surface area contributed by atoms with Gasteiger partial charge < -0.3 is 30.5 Å². The van der Waals surface area contributed by atoms with Crippen LogP contribution in [0.25, 0.3) is 11.2 Å². The van der Waals surface area contributed by atoms with Crippen molar-refractivity contribution in [2.24, 2.45) is 10.8 Å². The van der Waals surface area contributed by atoms with Gasteiger partial charge >= 0.3 is 7.82 Å². The Hall–Kier alpha value is -1.93. The zero-order valence-electron chi connectivity index (χ0n) is 26.0. The minimum Gasteiger partial charge on any atom is -0.479 e. The number of nitrogens with two attached hydrogens (primary N) is 1. The summed E-state index contributed by atoms with van der Waals surface area (Å²) in [6, 6.07) is 0. The number of aromatic nitrogens is 4. The van der Waals surface area contributed by atoms with E-state index in [1.807, 2.05) is 0 Å². The normalized spacial score (nSPS) is 24.7. The summed E-state index contributed by atoms with van der Waals surface area (Å²) in [5.41, 5.74) is 2.45. The maximum absolute atomic E-state index is 15.9. The molecule has 2 fully saturated rings. The smallest absolute Gasteiger partial charge is 0.474 e. The van der Waals surface area contributed by atoms with Crippen molar-refractivity contribution in [3.05, 3.63) is 6.33 Å². The molecule has 5 N–H and O–H groups in total. The van der Waals surface area contributed by atoms with Gasteiger partial charge in [0.25, 0.3) is 0 Å². The number of methoxy groups -OCH3 is 1. The van der Waals surface area contributed by atoms with Crippen molar-refractivity contribution in [2.75, 3.05) is 57.4 Å². The van der Waals surface area contributed by atoms with Crippen LogP contribution in [0.5, 0.6) is 5.88 Å². The molecular formula is C26H39FN5O11PS2. The first-order valence-electron chi connectivity index (χ1n) is 14.2. The van der Waals surface area contributed by atoms with Crippen molar-refractivity contribution in [1.82, 2.24) is 19.5 Å². The zero-order valence-corrected chi connectivity index (χ0v) is 28.5. The molecule has 16 nitrogen and oxygen atoms in total. The van der Waals surface area contributed by atoms with Crippen LogP contribution in [0.15, 0.2) is 6.33 Å². The van der Waals surface area contributed by atoms with E-state index in [9.17, 15) is 29.5 Å². The van der Waals surface area contributed by atoms with Crippen molar-refractivity contribution in [1.29, 1.82) is 0 Å². The summed E-state index contributed by atoms with van der Waals surface area (Å²) in [6.45, 7) is 4.41. The van der Waals surface area contributed by atoms with Crippen molar-refractivity contribution >= 4 is 58.7 Å². The van der Waals surface area contributed by atoms with E-state index in [1.54, 1.807) is 27.7 Å². The number of ether oxygens (including phenoxy) is 2. The first-order valence-corrected chi connectivity index (χ1v) is 17.6. The predicted molar refractivity (Wildman–Crippen MR) is 166 cm³/mol. The Kier molecular flexibility index (Phi) is 11.1. The Morgan fingerprint density at radius 1 is 1.11 bits per heavy atom. The first-order chi connectivity index (χ1) is 21.5. The number of nitrogen functional groups attached to an aromatic ring is 1. The van der Waals surface area contributed by atoms with Crippen LogP contribution in [-0.2, 0) is 38.0 Å². The number of hydrogen-bond acceptors (Lipinski definition) is 17. The van der Waals surface area contributed by atoms with Gasteiger partial charge in [0.2, 0.25) is 17.7 Å². The van der Waals surface area contributed by atoms with Crippen LogP contribution >= 0.6 is 31.3 Å². The minimum absolute atomic E-state index is 0.0400. The topological polar surface area (TPSA) is 228 Å². The maximum atomic E-state index is 15.9. The number of carbonyl (C=O) groups excluding carboxylic acids is 2. The van der Waals surface area contributed by atoms with Crippen LogP contribution < -0.4 is 10.5 Å². The molecule has 0 amide bonds. The largest absolute Gasteiger partial charge is 0.479 e. The summed E-state index contributed by atoms with van der Waals surface area (Å²) >= 11 is 1.72. The van der Waals surface area contributed by atoms with Crippen molar-refractivity contribution < 1.29 is 56.9 Å². The molecule has 1 saturated heterocycles. The molecule has 1 aliphatic heterocycles. The van der Waals surface area contributed by atoms with E-state index in [2.05, 4.69) is 15.0 Å². The minimum atomic E-state index is -4.41. The third-order valence-electron chi connectivity index (χ3n) is 7.63. The van der Waals surface area contributed by atoms with Crippen molar-refractivity contribution in [3.8, 4) is 5.88 Å². The second-order valence-corrected chi connectivity index (χ2v) is 15.9. The molecule has 20 heteroatoms. The summed E-state index contributed by atoms with van der Waals surface area (Å²) in [5, 5.41) is 29.5. The van der Waals surface area contributed by atoms with Gasteiger partial charge in [-0.25, -0.2) is 13.9 Å². The van der Waals surface area contributed by atoms with Crippen LogP contribution in [0.4, 0.5) is 10.3 Å². The van der Waals surface area contributed by atoms with Gasteiger partial charge in [0, 0.05) is 17.9 Å². The highest BCUT2D eigenvalue weighted by Gasteiger charge is 2.83. The lowest BCUT2D eigenvalue weighted by Crippen LogP contribution is -2.39. The predicted octanol–water partition coefficient (Wildman–Crippen LogP) is 1.66. The Labute approximate surface area is 272 Å². The molecule has 0 bridgehead atoms. The van der Waals surface area contributed by atoms with E-state index in [4.69, 9.17) is 28.8 Å². The van der Waals surface area contributed by atoms with E-state index in [0.29, 0.717) is 0 Å². The first kappa shape index (κ1) is 36.9. The zero-order chi connectivity index (χ0) is 34.1. The van der Waals surface area contributed by atoms with Crippen molar-refractivity contribution in [2.45, 2.75) is 57.7 Å². The van der Waals surface area contributed by atoms with Gasteiger partial charge in [0.05, 0.1) is 57.3 Å². The molecule has 2 aromatic rings. The number of thioether (sulfide) groups is 2. The fourth-order valence-electron chi connectivity index (χ4n) is 4.60. The number of imidazole rings is 1. The molecule has 1 aliphatic carbocycles. The number of phosphoric ester groups is 1. The number of nitrogens with zero attached hydrogens (tertiary/aromatic N) is 4. The molecule has 4 rings (SSSR count). The number of anilines is 1. The van der Waals surface area contributed by atoms with Crippen LogP contribution in [-0.4, -0.2) is 115 Å². The Morgan fingerprint density at radius 2 is 1.67 bits per heavy atom. The average Bonchev–Trinajstić information content (AvgIpc) is 3.29. The summed E-state index contributed by atoms with van der Waals surface area (Å²) in [4.78, 5) is 36.9. The standard InChI is InChI=1S/C26H39FN5O11PS2/c1-23(2,12-33)20(36)45-8-6-40-44(38,41-7-9-46-21(37)24(3,4)13-34)42-10-15-17(35)25(11-26(25,27)43-15)32-14-29-16-18(32)30-22(28)31-19(16)39-5/h14-15,17,33-35H,6-13H2,1-5H3,(H2,28,30,31). The molecule has 0 aromatic carbocycles. The lowest BCUT2D eigenvalue weighted by Gasteiger charge is -2.25. The van der Waals surface area contributed by atoms with Gasteiger partial charge in [-0.15, -0.1) is 0 Å². The molecule has 0 spiro atoms. The van der Waals surface area contributed by atoms with E-state index in [0.717, 1.165) is 23.5 Å². The number of fused-ring (bicyclic) bond motifs is 2. The number of aliphatic hydroxyl groups is 3. The quantitative estimate of drug-likeness (QED) is 0.135. The summed E-state index contributed by atoms with van der Waals surface area (Å²) in [6.07, 6.45) is -1.84. The maximum Gasteiger partial charge on any atom is 0.474 e. The number of alkyl halides is 1. The molecule has 2 aromatic heterocycles. The molecule has 0 radical (unpaired) electrons. The Balaban J connectivity index is 1.44. The van der Waals surface area contributed by atoms with Crippen LogP contribution in [0.3, 0.4) is 0 Å². The number of phosphoric acid groups is 1. The molecule has 4 unspecified atom stereocenters. The van der Waals surface area contributed by atoms with E-state index >= 15 is 4.39 Å². The van der Waals surface area contributed by atoms with Gasteiger partial charge in [-0.3, -0.25) is 27.7 Å². The van der Waals surface area contributed by atoms with E-state index in [-0.39, 0.29) is 77.6 Å². The third-order valence-corrected chi connectivity index (χ3v) is 11.5. The second kappa shape index (κ2) is 13.9. The summed E-state index contributed by atoms with van der Waals surface area (Å²) < 4.78 is 57.9. The lowest BCUT2D eigenvalue weighted by molar-refractivity contribution is -0.120. The third kappa shape index (κ3) is 7.23. The molecule has 2 aliphatic rings. The molecule has 3 heterocycles.